The molecular weight excluding hydrogens is 294 g/mol. The summed E-state index contributed by atoms with van der Waals surface area (Å²) in [5, 5.41) is 16.0. The third-order valence-electron chi connectivity index (χ3n) is 4.15. The van der Waals surface area contributed by atoms with E-state index in [4.69, 9.17) is 10.00 Å². The minimum Gasteiger partial charge on any atom is -0.372 e. The van der Waals surface area contributed by atoms with Gasteiger partial charge in [0.1, 0.15) is 17.9 Å². The lowest BCUT2D eigenvalue weighted by atomic mass is 9.98. The number of amides is 1. The number of aromatic amines is 1. The Morgan fingerprint density at radius 3 is 3.26 bits per heavy atom. The lowest BCUT2D eigenvalue weighted by molar-refractivity contribution is 0.0795. The van der Waals surface area contributed by atoms with Gasteiger partial charge in [0.2, 0.25) is 0 Å². The molecule has 2 aromatic heterocycles. The summed E-state index contributed by atoms with van der Waals surface area (Å²) < 4.78 is 7.78. The molecule has 0 unspecified atom stereocenters. The highest BCUT2D eigenvalue weighted by molar-refractivity contribution is 5.94. The van der Waals surface area contributed by atoms with E-state index in [2.05, 4.69) is 15.4 Å². The van der Waals surface area contributed by atoms with Crippen LogP contribution in [0.1, 0.15) is 41.2 Å². The molecule has 7 heteroatoms. The van der Waals surface area contributed by atoms with E-state index < -0.39 is 0 Å². The van der Waals surface area contributed by atoms with Crippen LogP contribution in [0.2, 0.25) is 0 Å². The molecule has 0 saturated carbocycles. The fraction of sp³-hybridized carbons (Fsp3) is 0.438. The summed E-state index contributed by atoms with van der Waals surface area (Å²) >= 11 is 0. The van der Waals surface area contributed by atoms with Crippen LogP contribution in [0.5, 0.6) is 0 Å². The van der Waals surface area contributed by atoms with Crippen LogP contribution in [0.15, 0.2) is 24.5 Å². The number of ether oxygens (including phenoxy) is 1. The second-order valence-corrected chi connectivity index (χ2v) is 5.54. The van der Waals surface area contributed by atoms with Gasteiger partial charge in [0.15, 0.2) is 0 Å². The first-order valence-electron chi connectivity index (χ1n) is 7.73. The number of hydrogen-bond donors (Lipinski definition) is 2. The standard InChI is InChI=1S/C16H19N5O2/c1-2-21-14(3-5-20-21)15-11(4-6-23-15)9-19-16(22)12-7-13(8-17)18-10-12/h3,5,7,10-11,15,18H,2,4,6,9H2,1H3,(H,19,22)/t11-,15+/m0/s1. The Bertz CT molecular complexity index is 727. The summed E-state index contributed by atoms with van der Waals surface area (Å²) in [7, 11) is 0. The fourth-order valence-electron chi connectivity index (χ4n) is 2.93. The van der Waals surface area contributed by atoms with Crippen molar-refractivity contribution in [2.24, 2.45) is 5.92 Å². The molecule has 2 aromatic rings. The Kier molecular flexibility index (Phi) is 4.44. The second kappa shape index (κ2) is 6.67. The number of aromatic nitrogens is 3. The summed E-state index contributed by atoms with van der Waals surface area (Å²) in [6.45, 7) is 4.05. The Labute approximate surface area is 134 Å². The number of nitrogens with one attached hydrogen (secondary N) is 2. The third kappa shape index (κ3) is 3.12. The second-order valence-electron chi connectivity index (χ2n) is 5.54. The van der Waals surface area contributed by atoms with Crippen molar-refractivity contribution in [2.45, 2.75) is 26.0 Å². The van der Waals surface area contributed by atoms with Crippen LogP contribution in [0.25, 0.3) is 0 Å². The van der Waals surface area contributed by atoms with Crippen molar-refractivity contribution in [2.75, 3.05) is 13.2 Å². The van der Waals surface area contributed by atoms with E-state index in [1.165, 1.54) is 0 Å². The Hall–Kier alpha value is -2.59. The van der Waals surface area contributed by atoms with Crippen LogP contribution < -0.4 is 5.32 Å². The number of nitrogens with zero attached hydrogens (tertiary/aromatic N) is 3. The van der Waals surface area contributed by atoms with Gasteiger partial charge in [-0.3, -0.25) is 9.48 Å². The molecule has 0 aliphatic carbocycles. The normalized spacial score (nSPS) is 20.3. The molecule has 3 heterocycles. The van der Waals surface area contributed by atoms with Crippen LogP contribution in [-0.2, 0) is 11.3 Å². The molecule has 0 aromatic carbocycles. The number of rotatable bonds is 5. The maximum absolute atomic E-state index is 12.1. The van der Waals surface area contributed by atoms with Crippen molar-refractivity contribution in [1.29, 1.82) is 5.26 Å². The van der Waals surface area contributed by atoms with Crippen LogP contribution >= 0.6 is 0 Å². The molecule has 0 bridgehead atoms. The molecule has 2 atom stereocenters. The maximum atomic E-state index is 12.1. The molecule has 0 spiro atoms. The fourth-order valence-corrected chi connectivity index (χ4v) is 2.93. The van der Waals surface area contributed by atoms with E-state index in [-0.39, 0.29) is 17.9 Å². The van der Waals surface area contributed by atoms with E-state index in [0.717, 1.165) is 18.7 Å². The number of aryl methyl sites for hydroxylation is 1. The van der Waals surface area contributed by atoms with E-state index in [9.17, 15) is 4.79 Å². The number of carbonyl (C=O) groups is 1. The first-order valence-corrected chi connectivity index (χ1v) is 7.73. The zero-order chi connectivity index (χ0) is 16.2. The van der Waals surface area contributed by atoms with Gasteiger partial charge in [-0.2, -0.15) is 10.4 Å². The van der Waals surface area contributed by atoms with Crippen LogP contribution in [0.3, 0.4) is 0 Å². The quantitative estimate of drug-likeness (QED) is 0.876. The molecule has 3 rings (SSSR count). The zero-order valence-corrected chi connectivity index (χ0v) is 13.0. The Balaban J connectivity index is 1.63. The average molecular weight is 313 g/mol. The van der Waals surface area contributed by atoms with Crippen LogP contribution in [0, 0.1) is 17.2 Å². The molecule has 1 fully saturated rings. The average Bonchev–Trinajstić information content (AvgIpc) is 3.31. The first-order chi connectivity index (χ1) is 11.2. The molecular formula is C16H19N5O2. The van der Waals surface area contributed by atoms with Gasteiger partial charge in [-0.15, -0.1) is 0 Å². The summed E-state index contributed by atoms with van der Waals surface area (Å²) in [6, 6.07) is 5.49. The minimum absolute atomic E-state index is 0.0429. The molecule has 23 heavy (non-hydrogen) atoms. The minimum atomic E-state index is -0.183. The first kappa shape index (κ1) is 15.3. The van der Waals surface area contributed by atoms with Gasteiger partial charge in [-0.05, 0) is 25.5 Å². The van der Waals surface area contributed by atoms with E-state index in [1.54, 1.807) is 18.5 Å². The summed E-state index contributed by atoms with van der Waals surface area (Å²) in [4.78, 5) is 14.9. The van der Waals surface area contributed by atoms with Crippen LogP contribution in [-0.4, -0.2) is 33.8 Å². The molecule has 1 amide bonds. The predicted molar refractivity (Wildman–Crippen MR) is 82.5 cm³/mol. The van der Waals surface area contributed by atoms with Crippen molar-refractivity contribution >= 4 is 5.91 Å². The number of H-pyrrole nitrogens is 1. The topological polar surface area (TPSA) is 95.7 Å². The highest BCUT2D eigenvalue weighted by atomic mass is 16.5. The van der Waals surface area contributed by atoms with Crippen molar-refractivity contribution < 1.29 is 9.53 Å². The number of nitriles is 1. The predicted octanol–water partition coefficient (Wildman–Crippen LogP) is 1.61. The van der Waals surface area contributed by atoms with Crippen LogP contribution in [0.4, 0.5) is 0 Å². The van der Waals surface area contributed by atoms with Gasteiger partial charge >= 0.3 is 0 Å². The molecule has 7 nitrogen and oxygen atoms in total. The summed E-state index contributed by atoms with van der Waals surface area (Å²) in [6.07, 6.45) is 4.18. The van der Waals surface area contributed by atoms with Gasteiger partial charge < -0.3 is 15.0 Å². The number of carbonyl (C=O) groups excluding carboxylic acids is 1. The third-order valence-corrected chi connectivity index (χ3v) is 4.15. The van der Waals surface area contributed by atoms with Crippen molar-refractivity contribution in [3.05, 3.63) is 41.5 Å². The van der Waals surface area contributed by atoms with Crippen molar-refractivity contribution in [1.82, 2.24) is 20.1 Å². The highest BCUT2D eigenvalue weighted by Crippen LogP contribution is 2.33. The van der Waals surface area contributed by atoms with E-state index in [0.29, 0.717) is 24.4 Å². The lowest BCUT2D eigenvalue weighted by Crippen LogP contribution is -2.30. The summed E-state index contributed by atoms with van der Waals surface area (Å²) in [5.41, 5.74) is 1.90. The summed E-state index contributed by atoms with van der Waals surface area (Å²) in [5.74, 6) is 0.0349. The Morgan fingerprint density at radius 1 is 1.65 bits per heavy atom. The molecule has 120 valence electrons. The largest absolute Gasteiger partial charge is 0.372 e. The van der Waals surface area contributed by atoms with Gasteiger partial charge in [0.05, 0.1) is 11.3 Å². The van der Waals surface area contributed by atoms with Crippen molar-refractivity contribution in [3.63, 3.8) is 0 Å². The monoisotopic (exact) mass is 313 g/mol. The van der Waals surface area contributed by atoms with Crippen molar-refractivity contribution in [3.8, 4) is 6.07 Å². The van der Waals surface area contributed by atoms with E-state index in [1.807, 2.05) is 23.7 Å². The van der Waals surface area contributed by atoms with Gasteiger partial charge in [0.25, 0.3) is 5.91 Å². The van der Waals surface area contributed by atoms with E-state index >= 15 is 0 Å². The molecule has 1 aliphatic heterocycles. The smallest absolute Gasteiger partial charge is 0.252 e. The SMILES string of the molecule is CCn1nccc1[C@@H]1OCC[C@H]1CNC(=O)c1c[nH]c(C#N)c1. The molecule has 0 radical (unpaired) electrons. The molecule has 2 N–H and O–H groups in total. The maximum Gasteiger partial charge on any atom is 0.252 e. The number of hydrogen-bond acceptors (Lipinski definition) is 4. The highest BCUT2D eigenvalue weighted by Gasteiger charge is 2.32. The zero-order valence-electron chi connectivity index (χ0n) is 13.0. The lowest BCUT2D eigenvalue weighted by Gasteiger charge is -2.19. The van der Waals surface area contributed by atoms with Gasteiger partial charge in [-0.1, -0.05) is 0 Å². The van der Waals surface area contributed by atoms with Gasteiger partial charge in [-0.25, -0.2) is 0 Å². The Morgan fingerprint density at radius 2 is 2.52 bits per heavy atom. The molecule has 1 aliphatic rings. The van der Waals surface area contributed by atoms with Gasteiger partial charge in [0, 0.05) is 38.0 Å². The molecule has 1 saturated heterocycles.